The second-order valence-corrected chi connectivity index (χ2v) is 6.35. The van der Waals surface area contributed by atoms with Crippen LogP contribution < -0.4 is 4.74 Å². The fraction of sp³-hybridized carbons (Fsp3) is 0.562. The van der Waals surface area contributed by atoms with E-state index in [0.717, 1.165) is 11.1 Å². The van der Waals surface area contributed by atoms with E-state index in [9.17, 15) is 9.90 Å². The number of rotatable bonds is 4. The first-order valence-corrected chi connectivity index (χ1v) is 7.92. The molecule has 0 spiro atoms. The van der Waals surface area contributed by atoms with Crippen LogP contribution in [0.15, 0.2) is 12.1 Å². The Kier molecular flexibility index (Phi) is 4.51. The number of carbonyl (C=O) groups excluding carboxylic acids is 1. The molecule has 1 N–H and O–H groups in total. The lowest BCUT2D eigenvalue weighted by molar-refractivity contribution is -0.195. The number of hydroxylamine groups is 2. The summed E-state index contributed by atoms with van der Waals surface area (Å²) in [6, 6.07) is 3.13. The SMILES string of the molecule is COc1c(C)ccc(Cl)c1CN1O[C@@H](CO)C2C1C(=O)O[C@H]2C. The number of halogens is 1. The predicted molar refractivity (Wildman–Crippen MR) is 83.1 cm³/mol. The molecule has 2 saturated heterocycles. The van der Waals surface area contributed by atoms with Crippen molar-refractivity contribution in [3.63, 3.8) is 0 Å². The Morgan fingerprint density at radius 2 is 2.17 bits per heavy atom. The smallest absolute Gasteiger partial charge is 0.326 e. The van der Waals surface area contributed by atoms with E-state index >= 15 is 0 Å². The normalized spacial score (nSPS) is 30.4. The van der Waals surface area contributed by atoms with Gasteiger partial charge in [-0.05, 0) is 25.5 Å². The van der Waals surface area contributed by atoms with Crippen LogP contribution >= 0.6 is 11.6 Å². The largest absolute Gasteiger partial charge is 0.496 e. The quantitative estimate of drug-likeness (QED) is 0.841. The molecule has 4 atom stereocenters. The van der Waals surface area contributed by atoms with E-state index in [1.807, 2.05) is 19.9 Å². The molecule has 2 aliphatic rings. The van der Waals surface area contributed by atoms with E-state index < -0.39 is 12.1 Å². The average molecular weight is 342 g/mol. The van der Waals surface area contributed by atoms with Gasteiger partial charge in [-0.25, -0.2) is 0 Å². The highest BCUT2D eigenvalue weighted by molar-refractivity contribution is 6.31. The Labute approximate surface area is 139 Å². The summed E-state index contributed by atoms with van der Waals surface area (Å²) in [4.78, 5) is 17.9. The van der Waals surface area contributed by atoms with Gasteiger partial charge in [-0.1, -0.05) is 17.7 Å². The van der Waals surface area contributed by atoms with E-state index in [-0.39, 0.29) is 31.1 Å². The number of esters is 1. The number of nitrogens with zero attached hydrogens (tertiary/aromatic N) is 1. The maximum absolute atomic E-state index is 12.1. The standard InChI is InChI=1S/C16H20ClNO5/c1-8-4-5-11(17)10(15(8)21-3)6-18-14-13(12(7-19)23-18)9(2)22-16(14)20/h4-5,9,12-14,19H,6-7H2,1-3H3/t9-,12-,13?,14?/m0/s1. The monoisotopic (exact) mass is 341 g/mol. The van der Waals surface area contributed by atoms with Gasteiger partial charge in [0.05, 0.1) is 26.2 Å². The fourth-order valence-corrected chi connectivity index (χ4v) is 3.68. The van der Waals surface area contributed by atoms with Crippen molar-refractivity contribution in [1.82, 2.24) is 5.06 Å². The van der Waals surface area contributed by atoms with E-state index in [4.69, 9.17) is 25.9 Å². The third kappa shape index (κ3) is 2.70. The van der Waals surface area contributed by atoms with Gasteiger partial charge in [0, 0.05) is 10.6 Å². The average Bonchev–Trinajstić information content (AvgIpc) is 3.03. The number of ether oxygens (including phenoxy) is 2. The van der Waals surface area contributed by atoms with Crippen LogP contribution in [-0.4, -0.2) is 48.1 Å². The number of cyclic esters (lactones) is 1. The van der Waals surface area contributed by atoms with Crippen molar-refractivity contribution >= 4 is 17.6 Å². The maximum atomic E-state index is 12.1. The molecule has 0 amide bonds. The Balaban J connectivity index is 1.92. The van der Waals surface area contributed by atoms with Gasteiger partial charge in [-0.3, -0.25) is 9.63 Å². The summed E-state index contributed by atoms with van der Waals surface area (Å²) in [5.41, 5.74) is 1.70. The maximum Gasteiger partial charge on any atom is 0.326 e. The topological polar surface area (TPSA) is 68.2 Å². The molecule has 3 rings (SSSR count). The van der Waals surface area contributed by atoms with E-state index in [1.54, 1.807) is 18.2 Å². The van der Waals surface area contributed by atoms with Gasteiger partial charge in [0.1, 0.15) is 24.0 Å². The van der Waals surface area contributed by atoms with Gasteiger partial charge in [0.2, 0.25) is 0 Å². The molecule has 0 aromatic heterocycles. The van der Waals surface area contributed by atoms with Crippen molar-refractivity contribution < 1.29 is 24.2 Å². The second kappa shape index (κ2) is 6.28. The first-order valence-electron chi connectivity index (χ1n) is 7.54. The summed E-state index contributed by atoms with van der Waals surface area (Å²) < 4.78 is 10.8. The minimum absolute atomic E-state index is 0.169. The number of aliphatic hydroxyl groups excluding tert-OH is 1. The van der Waals surface area contributed by atoms with Crippen molar-refractivity contribution in [1.29, 1.82) is 0 Å². The van der Waals surface area contributed by atoms with Gasteiger partial charge >= 0.3 is 5.97 Å². The first kappa shape index (κ1) is 16.5. The number of carbonyl (C=O) groups is 1. The van der Waals surface area contributed by atoms with Crippen molar-refractivity contribution in [3.8, 4) is 5.75 Å². The van der Waals surface area contributed by atoms with Crippen molar-refractivity contribution in [2.24, 2.45) is 5.92 Å². The summed E-state index contributed by atoms with van der Waals surface area (Å²) >= 11 is 6.31. The Hall–Kier alpha value is -1.34. The molecule has 126 valence electrons. The van der Waals surface area contributed by atoms with Crippen LogP contribution in [0.5, 0.6) is 5.75 Å². The van der Waals surface area contributed by atoms with E-state index in [0.29, 0.717) is 10.8 Å². The highest BCUT2D eigenvalue weighted by Crippen LogP contribution is 2.40. The Bertz CT molecular complexity index is 623. The summed E-state index contributed by atoms with van der Waals surface area (Å²) in [6.07, 6.45) is -0.749. The molecule has 1 aromatic carbocycles. The lowest BCUT2D eigenvalue weighted by Crippen LogP contribution is -2.35. The third-order valence-electron chi connectivity index (χ3n) is 4.56. The minimum Gasteiger partial charge on any atom is -0.496 e. The van der Waals surface area contributed by atoms with E-state index in [1.165, 1.54) is 0 Å². The molecule has 23 heavy (non-hydrogen) atoms. The van der Waals surface area contributed by atoms with Crippen LogP contribution in [-0.2, 0) is 20.9 Å². The van der Waals surface area contributed by atoms with Crippen molar-refractivity contribution in [2.75, 3.05) is 13.7 Å². The molecule has 0 radical (unpaired) electrons. The van der Waals surface area contributed by atoms with Gasteiger partial charge in [0.25, 0.3) is 0 Å². The number of fused-ring (bicyclic) bond motifs is 1. The van der Waals surface area contributed by atoms with Crippen molar-refractivity contribution in [3.05, 3.63) is 28.3 Å². The van der Waals surface area contributed by atoms with Crippen LogP contribution in [0, 0.1) is 12.8 Å². The van der Waals surface area contributed by atoms with Crippen LogP contribution in [0.1, 0.15) is 18.1 Å². The number of hydrogen-bond acceptors (Lipinski definition) is 6. The minimum atomic E-state index is -0.538. The van der Waals surface area contributed by atoms with Crippen LogP contribution in [0.2, 0.25) is 5.02 Å². The molecule has 2 unspecified atom stereocenters. The fourth-order valence-electron chi connectivity index (χ4n) is 3.47. The molecule has 0 bridgehead atoms. The summed E-state index contributed by atoms with van der Waals surface area (Å²) in [6.45, 7) is 3.85. The zero-order chi connectivity index (χ0) is 16.7. The lowest BCUT2D eigenvalue weighted by atomic mass is 9.93. The Morgan fingerprint density at radius 3 is 2.83 bits per heavy atom. The third-order valence-corrected chi connectivity index (χ3v) is 4.91. The van der Waals surface area contributed by atoms with Gasteiger partial charge in [-0.15, -0.1) is 0 Å². The zero-order valence-corrected chi connectivity index (χ0v) is 14.0. The molecule has 0 saturated carbocycles. The second-order valence-electron chi connectivity index (χ2n) is 5.94. The summed E-state index contributed by atoms with van der Waals surface area (Å²) in [5, 5.41) is 11.6. The number of hydrogen-bond donors (Lipinski definition) is 1. The molecule has 0 aliphatic carbocycles. The summed E-state index contributed by atoms with van der Waals surface area (Å²) in [5.74, 6) is 0.146. The molecule has 1 aromatic rings. The number of methoxy groups -OCH3 is 1. The summed E-state index contributed by atoms with van der Waals surface area (Å²) in [7, 11) is 1.58. The lowest BCUT2D eigenvalue weighted by Gasteiger charge is -2.22. The van der Waals surface area contributed by atoms with Gasteiger partial charge < -0.3 is 14.6 Å². The van der Waals surface area contributed by atoms with Crippen LogP contribution in [0.3, 0.4) is 0 Å². The molecule has 7 heteroatoms. The predicted octanol–water partition coefficient (Wildman–Crippen LogP) is 1.70. The zero-order valence-electron chi connectivity index (χ0n) is 13.3. The highest BCUT2D eigenvalue weighted by atomic mass is 35.5. The Morgan fingerprint density at radius 1 is 1.43 bits per heavy atom. The number of aryl methyl sites for hydroxylation is 1. The van der Waals surface area contributed by atoms with Crippen LogP contribution in [0.25, 0.3) is 0 Å². The molecular formula is C16H20ClNO5. The van der Waals surface area contributed by atoms with Gasteiger partial charge in [-0.2, -0.15) is 5.06 Å². The number of benzene rings is 1. The van der Waals surface area contributed by atoms with Crippen LogP contribution in [0.4, 0.5) is 0 Å². The highest BCUT2D eigenvalue weighted by Gasteiger charge is 2.56. The molecular weight excluding hydrogens is 322 g/mol. The molecule has 2 fully saturated rings. The molecule has 2 heterocycles. The van der Waals surface area contributed by atoms with Crippen molar-refractivity contribution in [2.45, 2.75) is 38.6 Å². The number of aliphatic hydroxyl groups is 1. The van der Waals surface area contributed by atoms with E-state index in [2.05, 4.69) is 0 Å². The van der Waals surface area contributed by atoms with Gasteiger partial charge in [0.15, 0.2) is 0 Å². The first-order chi connectivity index (χ1) is 11.0. The molecule has 2 aliphatic heterocycles. The molecule has 6 nitrogen and oxygen atoms in total.